The highest BCUT2D eigenvalue weighted by Crippen LogP contribution is 2.01. The molecule has 2 heteroatoms. The Labute approximate surface area is 76.3 Å². The van der Waals surface area contributed by atoms with Crippen LogP contribution in [0.15, 0.2) is 0 Å². The predicted molar refractivity (Wildman–Crippen MR) is 50.9 cm³/mol. The topological polar surface area (TPSA) is 18.5 Å². The fourth-order valence-corrected chi connectivity index (χ4v) is 0.988. The van der Waals surface area contributed by atoms with Gasteiger partial charge in [-0.15, -0.1) is 0 Å². The van der Waals surface area contributed by atoms with Crippen LogP contribution in [0.4, 0.5) is 0 Å². The predicted octanol–water partition coefficient (Wildman–Crippen LogP) is 2.78. The first kappa shape index (κ1) is 11.9. The molecule has 1 unspecified atom stereocenters. The van der Waals surface area contributed by atoms with Crippen molar-refractivity contribution < 1.29 is 9.47 Å². The molecular weight excluding hydrogens is 152 g/mol. The van der Waals surface area contributed by atoms with E-state index >= 15 is 0 Å². The molecule has 0 heterocycles. The van der Waals surface area contributed by atoms with Crippen LogP contribution in [0.3, 0.4) is 0 Å². The summed E-state index contributed by atoms with van der Waals surface area (Å²) in [5, 5.41) is 0. The second kappa shape index (κ2) is 9.01. The molecule has 0 aromatic heterocycles. The third-order valence-electron chi connectivity index (χ3n) is 1.65. The molecule has 0 rings (SSSR count). The Hall–Kier alpha value is -0.0800. The molecule has 0 aliphatic heterocycles. The van der Waals surface area contributed by atoms with E-state index in [1.165, 1.54) is 12.8 Å². The lowest BCUT2D eigenvalue weighted by atomic mass is 10.2. The van der Waals surface area contributed by atoms with Crippen LogP contribution in [0.5, 0.6) is 0 Å². The standard InChI is InChI=1S/C10H21O2/c1-4-6-7-8-9-12-10(3)11-5-2/h10H,1,4-9H2,2-3H3. The van der Waals surface area contributed by atoms with Crippen LogP contribution in [0.2, 0.25) is 0 Å². The molecule has 0 saturated carbocycles. The number of unbranched alkanes of at least 4 members (excludes halogenated alkanes) is 3. The van der Waals surface area contributed by atoms with Gasteiger partial charge in [0.15, 0.2) is 6.29 Å². The minimum atomic E-state index is -0.0465. The van der Waals surface area contributed by atoms with E-state index in [0.717, 1.165) is 26.1 Å². The Morgan fingerprint density at radius 1 is 1.17 bits per heavy atom. The normalized spacial score (nSPS) is 13.2. The minimum absolute atomic E-state index is 0.0465. The van der Waals surface area contributed by atoms with Gasteiger partial charge in [0.25, 0.3) is 0 Å². The molecule has 0 amide bonds. The fraction of sp³-hybridized carbons (Fsp3) is 0.900. The zero-order valence-corrected chi connectivity index (χ0v) is 8.34. The van der Waals surface area contributed by atoms with Crippen molar-refractivity contribution >= 4 is 0 Å². The molecule has 0 aliphatic rings. The highest BCUT2D eigenvalue weighted by atomic mass is 16.7. The molecule has 0 aliphatic carbocycles. The van der Waals surface area contributed by atoms with Crippen LogP contribution in [-0.2, 0) is 9.47 Å². The van der Waals surface area contributed by atoms with E-state index in [9.17, 15) is 0 Å². The molecule has 0 fully saturated rings. The Morgan fingerprint density at radius 2 is 1.92 bits per heavy atom. The first-order valence-corrected chi connectivity index (χ1v) is 4.83. The first-order valence-electron chi connectivity index (χ1n) is 4.83. The Kier molecular flexibility index (Phi) is 8.95. The molecule has 0 aromatic carbocycles. The van der Waals surface area contributed by atoms with Gasteiger partial charge in [-0.05, 0) is 20.3 Å². The van der Waals surface area contributed by atoms with E-state index in [1.54, 1.807) is 0 Å². The van der Waals surface area contributed by atoms with Crippen LogP contribution >= 0.6 is 0 Å². The van der Waals surface area contributed by atoms with E-state index < -0.39 is 0 Å². The van der Waals surface area contributed by atoms with Crippen LogP contribution in [0, 0.1) is 6.92 Å². The highest BCUT2D eigenvalue weighted by molar-refractivity contribution is 4.43. The molecule has 12 heavy (non-hydrogen) atoms. The van der Waals surface area contributed by atoms with Crippen molar-refractivity contribution in [2.45, 2.75) is 45.8 Å². The van der Waals surface area contributed by atoms with Crippen LogP contribution in [0.1, 0.15) is 39.5 Å². The van der Waals surface area contributed by atoms with Gasteiger partial charge >= 0.3 is 0 Å². The Balaban J connectivity index is 2.97. The van der Waals surface area contributed by atoms with Gasteiger partial charge in [0, 0.05) is 13.2 Å². The van der Waals surface area contributed by atoms with Gasteiger partial charge in [0.05, 0.1) is 0 Å². The van der Waals surface area contributed by atoms with Crippen molar-refractivity contribution in [2.75, 3.05) is 13.2 Å². The minimum Gasteiger partial charge on any atom is -0.353 e. The van der Waals surface area contributed by atoms with Crippen molar-refractivity contribution in [1.29, 1.82) is 0 Å². The molecule has 1 radical (unpaired) electrons. The Morgan fingerprint density at radius 3 is 2.50 bits per heavy atom. The summed E-state index contributed by atoms with van der Waals surface area (Å²) < 4.78 is 10.6. The van der Waals surface area contributed by atoms with Crippen molar-refractivity contribution in [2.24, 2.45) is 0 Å². The largest absolute Gasteiger partial charge is 0.353 e. The molecule has 0 saturated heterocycles. The molecule has 2 nitrogen and oxygen atoms in total. The quantitative estimate of drug-likeness (QED) is 0.415. The van der Waals surface area contributed by atoms with Crippen molar-refractivity contribution in [3.8, 4) is 0 Å². The number of rotatable bonds is 8. The van der Waals surface area contributed by atoms with E-state index in [1.807, 2.05) is 13.8 Å². The van der Waals surface area contributed by atoms with Gasteiger partial charge in [-0.25, -0.2) is 0 Å². The smallest absolute Gasteiger partial charge is 0.154 e. The summed E-state index contributed by atoms with van der Waals surface area (Å²) in [6, 6.07) is 0. The molecule has 0 spiro atoms. The van der Waals surface area contributed by atoms with Crippen LogP contribution in [0.25, 0.3) is 0 Å². The third kappa shape index (κ3) is 8.02. The third-order valence-corrected chi connectivity index (χ3v) is 1.65. The maximum Gasteiger partial charge on any atom is 0.154 e. The summed E-state index contributed by atoms with van der Waals surface area (Å²) in [7, 11) is 0. The zero-order valence-electron chi connectivity index (χ0n) is 8.34. The van der Waals surface area contributed by atoms with Crippen molar-refractivity contribution in [3.05, 3.63) is 6.92 Å². The van der Waals surface area contributed by atoms with Crippen molar-refractivity contribution in [3.63, 3.8) is 0 Å². The lowest BCUT2D eigenvalue weighted by Crippen LogP contribution is -2.13. The SMILES string of the molecule is [CH2]CCCCCOC(C)OCC. The summed E-state index contributed by atoms with van der Waals surface area (Å²) in [6.07, 6.45) is 4.51. The summed E-state index contributed by atoms with van der Waals surface area (Å²) >= 11 is 0. The summed E-state index contributed by atoms with van der Waals surface area (Å²) in [5.74, 6) is 0. The molecule has 0 aromatic rings. The average Bonchev–Trinajstić information content (AvgIpc) is 2.05. The number of hydrogen-bond acceptors (Lipinski definition) is 2. The molecule has 0 N–H and O–H groups in total. The summed E-state index contributed by atoms with van der Waals surface area (Å²) in [4.78, 5) is 0. The lowest BCUT2D eigenvalue weighted by molar-refractivity contribution is -0.127. The van der Waals surface area contributed by atoms with E-state index in [2.05, 4.69) is 6.92 Å². The van der Waals surface area contributed by atoms with Gasteiger partial charge in [-0.1, -0.05) is 26.2 Å². The first-order chi connectivity index (χ1) is 5.81. The monoisotopic (exact) mass is 173 g/mol. The van der Waals surface area contributed by atoms with Crippen LogP contribution in [-0.4, -0.2) is 19.5 Å². The summed E-state index contributed by atoms with van der Waals surface area (Å²) in [5.41, 5.74) is 0. The number of ether oxygens (including phenoxy) is 2. The average molecular weight is 173 g/mol. The second-order valence-corrected chi connectivity index (χ2v) is 2.81. The maximum atomic E-state index is 5.39. The maximum absolute atomic E-state index is 5.39. The highest BCUT2D eigenvalue weighted by Gasteiger charge is 1.98. The molecule has 73 valence electrons. The number of hydrogen-bond donors (Lipinski definition) is 0. The zero-order chi connectivity index (χ0) is 9.23. The lowest BCUT2D eigenvalue weighted by Gasteiger charge is -2.12. The molecular formula is C10H21O2. The Bertz CT molecular complexity index is 83.9. The van der Waals surface area contributed by atoms with Crippen LogP contribution < -0.4 is 0 Å². The molecule has 0 bridgehead atoms. The second-order valence-electron chi connectivity index (χ2n) is 2.81. The van der Waals surface area contributed by atoms with Gasteiger partial charge in [0.1, 0.15) is 0 Å². The summed E-state index contributed by atoms with van der Waals surface area (Å²) in [6.45, 7) is 9.22. The molecule has 1 atom stereocenters. The van der Waals surface area contributed by atoms with Gasteiger partial charge in [-0.3, -0.25) is 0 Å². The van der Waals surface area contributed by atoms with E-state index in [0.29, 0.717) is 0 Å². The fourth-order valence-electron chi connectivity index (χ4n) is 0.988. The van der Waals surface area contributed by atoms with Crippen molar-refractivity contribution in [1.82, 2.24) is 0 Å². The van der Waals surface area contributed by atoms with Gasteiger partial charge in [-0.2, -0.15) is 0 Å². The van der Waals surface area contributed by atoms with Gasteiger partial charge < -0.3 is 9.47 Å². The van der Waals surface area contributed by atoms with E-state index in [-0.39, 0.29) is 6.29 Å². The van der Waals surface area contributed by atoms with Gasteiger partial charge in [0.2, 0.25) is 0 Å². The van der Waals surface area contributed by atoms with E-state index in [4.69, 9.17) is 9.47 Å².